The van der Waals surface area contributed by atoms with Crippen molar-refractivity contribution in [2.24, 2.45) is 0 Å². The van der Waals surface area contributed by atoms with E-state index in [0.717, 1.165) is 6.42 Å². The van der Waals surface area contributed by atoms with Crippen molar-refractivity contribution in [3.05, 3.63) is 120 Å². The van der Waals surface area contributed by atoms with Gasteiger partial charge >= 0.3 is 0 Å². The van der Waals surface area contributed by atoms with E-state index in [-0.39, 0.29) is 0 Å². The molecule has 4 aromatic rings. The zero-order chi connectivity index (χ0) is 22.3. The van der Waals surface area contributed by atoms with Crippen molar-refractivity contribution in [2.45, 2.75) is 13.3 Å². The van der Waals surface area contributed by atoms with Crippen molar-refractivity contribution in [3.8, 4) is 22.6 Å². The van der Waals surface area contributed by atoms with Crippen molar-refractivity contribution in [2.75, 3.05) is 6.61 Å². The van der Waals surface area contributed by atoms with E-state index in [2.05, 4.69) is 53.4 Å². The Labute approximate surface area is 183 Å². The van der Waals surface area contributed by atoms with Crippen LogP contribution < -0.4 is 0 Å². The molecule has 0 amide bonds. The highest BCUT2D eigenvalue weighted by atomic mass is 17.1. The minimum absolute atomic E-state index is 0.322. The summed E-state index contributed by atoms with van der Waals surface area (Å²) in [5.41, 5.74) is 5.75. The van der Waals surface area contributed by atoms with Crippen molar-refractivity contribution in [1.29, 1.82) is 0 Å². The van der Waals surface area contributed by atoms with Crippen molar-refractivity contribution in [1.82, 2.24) is 0 Å². The predicted octanol–water partition coefficient (Wildman–Crippen LogP) is 6.54. The molecule has 4 aromatic carbocycles. The summed E-state index contributed by atoms with van der Waals surface area (Å²) in [5, 5.41) is 24.6. The van der Waals surface area contributed by atoms with Crippen LogP contribution in [-0.4, -0.2) is 22.1 Å². The second-order valence-corrected chi connectivity index (χ2v) is 6.58. The van der Waals surface area contributed by atoms with Crippen LogP contribution in [0.2, 0.25) is 0 Å². The average Bonchev–Trinajstić information content (AvgIpc) is 3.20. The van der Waals surface area contributed by atoms with Gasteiger partial charge in [0.2, 0.25) is 0 Å². The molecule has 5 rings (SSSR count). The van der Waals surface area contributed by atoms with Gasteiger partial charge in [-0.05, 0) is 59.9 Å². The number of phenols is 2. The Kier molecular flexibility index (Phi) is 10.4. The number of fused-ring (bicyclic) bond motifs is 3. The summed E-state index contributed by atoms with van der Waals surface area (Å²) in [6, 6.07) is 34.7. The van der Waals surface area contributed by atoms with Gasteiger partial charge in [0, 0.05) is 0 Å². The van der Waals surface area contributed by atoms with Gasteiger partial charge in [0.1, 0.15) is 11.5 Å². The van der Waals surface area contributed by atoms with E-state index in [1.165, 1.54) is 22.3 Å². The lowest BCUT2D eigenvalue weighted by molar-refractivity contribution is -0.237. The van der Waals surface area contributed by atoms with Gasteiger partial charge < -0.3 is 10.2 Å². The van der Waals surface area contributed by atoms with Crippen LogP contribution in [-0.2, 0) is 11.3 Å². The van der Waals surface area contributed by atoms with E-state index in [4.69, 9.17) is 15.5 Å². The number of hydrogen-bond donors (Lipinski definition) is 3. The van der Waals surface area contributed by atoms with E-state index in [1.54, 1.807) is 55.5 Å². The van der Waals surface area contributed by atoms with Crippen molar-refractivity contribution >= 4 is 0 Å². The maximum Gasteiger partial charge on any atom is 0.115 e. The zero-order valence-corrected chi connectivity index (χ0v) is 17.6. The second kappa shape index (κ2) is 13.6. The van der Waals surface area contributed by atoms with E-state index in [1.807, 2.05) is 12.1 Å². The monoisotopic (exact) mass is 416 g/mol. The predicted molar refractivity (Wildman–Crippen MR) is 125 cm³/mol. The van der Waals surface area contributed by atoms with E-state index >= 15 is 0 Å². The summed E-state index contributed by atoms with van der Waals surface area (Å²) >= 11 is 0. The number of para-hydroxylation sites is 2. The van der Waals surface area contributed by atoms with Crippen LogP contribution in [0.5, 0.6) is 11.5 Å². The lowest BCUT2D eigenvalue weighted by atomic mass is 10.1. The van der Waals surface area contributed by atoms with Gasteiger partial charge in [0.15, 0.2) is 0 Å². The number of rotatable bonds is 1. The Morgan fingerprint density at radius 2 is 0.903 bits per heavy atom. The minimum atomic E-state index is 0.322. The molecule has 160 valence electrons. The Bertz CT molecular complexity index is 919. The summed E-state index contributed by atoms with van der Waals surface area (Å²) in [6.45, 7) is 2.08. The summed E-state index contributed by atoms with van der Waals surface area (Å²) < 4.78 is 0. The standard InChI is InChI=1S/C13H10.2C6H6O.C2H6O2/c1-3-7-12-10(5-1)9-11-6-2-4-8-13(11)12;2*7-6-4-2-1-3-5-6;1-2-4-3/h1-8H,9H2;2*1-5,7H;3H,2H2,1H3. The SMILES string of the molecule is CCOO.Oc1ccccc1.Oc1ccccc1.c1ccc2c(c1)Cc1ccccc1-2. The van der Waals surface area contributed by atoms with Crippen LogP contribution in [0.25, 0.3) is 11.1 Å². The van der Waals surface area contributed by atoms with E-state index < -0.39 is 0 Å². The van der Waals surface area contributed by atoms with Gasteiger partial charge in [-0.2, -0.15) is 0 Å². The summed E-state index contributed by atoms with van der Waals surface area (Å²) in [4.78, 5) is 3.54. The Morgan fingerprint density at radius 3 is 1.19 bits per heavy atom. The highest BCUT2D eigenvalue weighted by Crippen LogP contribution is 2.35. The van der Waals surface area contributed by atoms with Gasteiger partial charge in [-0.15, -0.1) is 0 Å². The third kappa shape index (κ3) is 8.34. The number of hydrogen-bond acceptors (Lipinski definition) is 4. The van der Waals surface area contributed by atoms with Gasteiger partial charge in [0.25, 0.3) is 0 Å². The van der Waals surface area contributed by atoms with Crippen LogP contribution in [0.15, 0.2) is 109 Å². The van der Waals surface area contributed by atoms with Crippen LogP contribution in [0, 0.1) is 0 Å². The lowest BCUT2D eigenvalue weighted by Crippen LogP contribution is -1.77. The first-order valence-corrected chi connectivity index (χ1v) is 10.1. The highest BCUT2D eigenvalue weighted by Gasteiger charge is 2.15. The molecular weight excluding hydrogens is 388 g/mol. The van der Waals surface area contributed by atoms with E-state index in [9.17, 15) is 0 Å². The van der Waals surface area contributed by atoms with Gasteiger partial charge in [-0.25, -0.2) is 4.89 Å². The Balaban J connectivity index is 0.000000163. The van der Waals surface area contributed by atoms with E-state index in [0.29, 0.717) is 18.1 Å². The molecule has 0 saturated carbocycles. The number of phenolic OH excluding ortho intramolecular Hbond substituents is 2. The van der Waals surface area contributed by atoms with Crippen LogP contribution in [0.3, 0.4) is 0 Å². The summed E-state index contributed by atoms with van der Waals surface area (Å²) in [6.07, 6.45) is 1.10. The molecule has 0 aromatic heterocycles. The minimum Gasteiger partial charge on any atom is -0.508 e. The van der Waals surface area contributed by atoms with Crippen LogP contribution in [0.4, 0.5) is 0 Å². The molecule has 0 fully saturated rings. The molecule has 0 aliphatic heterocycles. The molecule has 3 N–H and O–H groups in total. The smallest absolute Gasteiger partial charge is 0.115 e. The third-order valence-corrected chi connectivity index (χ3v) is 4.35. The van der Waals surface area contributed by atoms with Crippen molar-refractivity contribution in [3.63, 3.8) is 0 Å². The average molecular weight is 417 g/mol. The molecule has 0 bridgehead atoms. The largest absolute Gasteiger partial charge is 0.508 e. The quantitative estimate of drug-likeness (QED) is 0.214. The molecule has 0 unspecified atom stereocenters. The van der Waals surface area contributed by atoms with Gasteiger partial charge in [0.05, 0.1) is 6.61 Å². The molecule has 0 atom stereocenters. The lowest BCUT2D eigenvalue weighted by Gasteiger charge is -1.98. The molecular formula is C27H28O4. The first kappa shape index (κ1) is 23.7. The fourth-order valence-corrected chi connectivity index (χ4v) is 2.94. The molecule has 0 spiro atoms. The fraction of sp³-hybridized carbons (Fsp3) is 0.111. The third-order valence-electron chi connectivity index (χ3n) is 4.35. The Morgan fingerprint density at radius 1 is 0.581 bits per heavy atom. The summed E-state index contributed by atoms with van der Waals surface area (Å²) in [5.74, 6) is 0.644. The molecule has 0 radical (unpaired) electrons. The Hall–Kier alpha value is -3.60. The second-order valence-electron chi connectivity index (χ2n) is 6.58. The first-order chi connectivity index (χ1) is 15.2. The molecule has 4 heteroatoms. The number of aromatic hydroxyl groups is 2. The molecule has 0 saturated heterocycles. The first-order valence-electron chi connectivity index (χ1n) is 10.1. The van der Waals surface area contributed by atoms with Gasteiger partial charge in [-0.1, -0.05) is 84.9 Å². The molecule has 4 nitrogen and oxygen atoms in total. The van der Waals surface area contributed by atoms with Crippen LogP contribution in [0.1, 0.15) is 18.1 Å². The normalized spacial score (nSPS) is 10.0. The number of benzene rings is 4. The maximum atomic E-state index is 8.63. The maximum absolute atomic E-state index is 8.63. The fourth-order valence-electron chi connectivity index (χ4n) is 2.94. The van der Waals surface area contributed by atoms with Crippen LogP contribution >= 0.6 is 0 Å². The summed E-state index contributed by atoms with van der Waals surface area (Å²) in [7, 11) is 0. The van der Waals surface area contributed by atoms with Gasteiger partial charge in [-0.3, -0.25) is 5.26 Å². The zero-order valence-electron chi connectivity index (χ0n) is 17.6. The topological polar surface area (TPSA) is 69.9 Å². The molecule has 1 aliphatic rings. The highest BCUT2D eigenvalue weighted by molar-refractivity contribution is 5.76. The molecule has 1 aliphatic carbocycles. The molecule has 0 heterocycles. The molecule has 31 heavy (non-hydrogen) atoms. The van der Waals surface area contributed by atoms with Crippen molar-refractivity contribution < 1.29 is 20.4 Å².